The Morgan fingerprint density at radius 2 is 0.627 bits per heavy atom. The van der Waals surface area contributed by atoms with Crippen LogP contribution >= 0.6 is 0 Å². The summed E-state index contributed by atoms with van der Waals surface area (Å²) in [7, 11) is 0. The van der Waals surface area contributed by atoms with Gasteiger partial charge in [0.2, 0.25) is 0 Å². The molecule has 0 spiro atoms. The maximum absolute atomic E-state index is 7.07. The Morgan fingerprint density at radius 3 is 0.983 bits per heavy atom. The number of hydrogen-bond donors (Lipinski definition) is 0. The van der Waals surface area contributed by atoms with E-state index in [1.54, 1.807) is 0 Å². The van der Waals surface area contributed by atoms with Crippen molar-refractivity contribution in [1.82, 2.24) is 0 Å². The summed E-state index contributed by atoms with van der Waals surface area (Å²) in [6.07, 6.45) is 0. The molecule has 2 heterocycles. The van der Waals surface area contributed by atoms with Crippen LogP contribution in [-0.4, -0.2) is 6.71 Å². The van der Waals surface area contributed by atoms with E-state index in [-0.39, 0.29) is 6.71 Å². The molecule has 0 atom stereocenters. The molecule has 2 aliphatic heterocycles. The van der Waals surface area contributed by atoms with Gasteiger partial charge in [-0.25, -0.2) is 0 Å². The first kappa shape index (κ1) is 35.0. The Balaban J connectivity index is 1.20. The Bertz CT molecular complexity index is 2860. The van der Waals surface area contributed by atoms with E-state index in [1.165, 1.54) is 22.3 Å². The minimum Gasteiger partial charge on any atom is -0.458 e. The van der Waals surface area contributed by atoms with Crippen molar-refractivity contribution < 1.29 is 9.47 Å². The molecule has 11 rings (SSSR count). The third-order valence-corrected chi connectivity index (χ3v) is 12.3. The van der Waals surface area contributed by atoms with Crippen molar-refractivity contribution >= 4 is 78.8 Å². The average Bonchev–Trinajstić information content (AvgIpc) is 3.26. The summed E-state index contributed by atoms with van der Waals surface area (Å²) in [5, 5.41) is 4.61. The lowest BCUT2D eigenvalue weighted by Crippen LogP contribution is -2.58. The molecule has 0 radical (unpaired) electrons. The zero-order valence-corrected chi connectivity index (χ0v) is 33.5. The van der Waals surface area contributed by atoms with Crippen molar-refractivity contribution in [3.05, 3.63) is 198 Å². The van der Waals surface area contributed by atoms with Gasteiger partial charge in [0.05, 0.1) is 11.4 Å². The maximum atomic E-state index is 7.07. The van der Waals surface area contributed by atoms with Crippen LogP contribution in [0.1, 0.15) is 22.3 Å². The second-order valence-corrected chi connectivity index (χ2v) is 15.8. The first-order valence-corrected chi connectivity index (χ1v) is 20.4. The molecule has 9 aromatic carbocycles. The Morgan fingerprint density at radius 1 is 0.305 bits per heavy atom. The summed E-state index contributed by atoms with van der Waals surface area (Å²) in [5.41, 5.74) is 14.8. The van der Waals surface area contributed by atoms with E-state index in [0.29, 0.717) is 0 Å². The highest BCUT2D eigenvalue weighted by molar-refractivity contribution is 7.01. The van der Waals surface area contributed by atoms with Gasteiger partial charge < -0.3 is 19.3 Å². The van der Waals surface area contributed by atoms with E-state index in [2.05, 4.69) is 207 Å². The monoisotopic (exact) mass is 760 g/mol. The van der Waals surface area contributed by atoms with Crippen LogP contribution in [0.2, 0.25) is 0 Å². The second kappa shape index (κ2) is 13.7. The first-order chi connectivity index (χ1) is 29.0. The van der Waals surface area contributed by atoms with E-state index < -0.39 is 0 Å². The predicted octanol–water partition coefficient (Wildman–Crippen LogP) is 12.9. The van der Waals surface area contributed by atoms with Crippen molar-refractivity contribution in [3.8, 4) is 23.0 Å². The highest BCUT2D eigenvalue weighted by atomic mass is 16.5. The number of anilines is 6. The Kier molecular flexibility index (Phi) is 8.13. The fourth-order valence-corrected chi connectivity index (χ4v) is 9.53. The number of hydrogen-bond acceptors (Lipinski definition) is 4. The number of rotatable bonds is 6. The molecule has 0 saturated carbocycles. The first-order valence-electron chi connectivity index (χ1n) is 20.4. The van der Waals surface area contributed by atoms with Crippen molar-refractivity contribution in [2.45, 2.75) is 27.7 Å². The third kappa shape index (κ3) is 5.45. The van der Waals surface area contributed by atoms with E-state index in [1.807, 2.05) is 6.07 Å². The van der Waals surface area contributed by atoms with Crippen LogP contribution in [0.4, 0.5) is 34.1 Å². The van der Waals surface area contributed by atoms with Gasteiger partial charge in [-0.15, -0.1) is 0 Å². The molecular weight excluding hydrogens is 719 g/mol. The van der Waals surface area contributed by atoms with Crippen LogP contribution in [0.5, 0.6) is 23.0 Å². The van der Waals surface area contributed by atoms with Gasteiger partial charge in [0.1, 0.15) is 23.0 Å². The molecule has 0 N–H and O–H groups in total. The molecule has 4 nitrogen and oxygen atoms in total. The third-order valence-electron chi connectivity index (χ3n) is 12.3. The minimum absolute atomic E-state index is 0.151. The van der Waals surface area contributed by atoms with Crippen LogP contribution in [0.25, 0.3) is 21.5 Å². The maximum Gasteiger partial charge on any atom is 0.262 e. The lowest BCUT2D eigenvalue weighted by atomic mass is 9.33. The number of nitrogens with zero attached hydrogens (tertiary/aromatic N) is 2. The van der Waals surface area contributed by atoms with Crippen molar-refractivity contribution in [2.75, 3.05) is 9.80 Å². The molecule has 2 aliphatic rings. The van der Waals surface area contributed by atoms with Crippen LogP contribution in [0, 0.1) is 27.7 Å². The SMILES string of the molecule is Cc1ccccc1N(c1ccccc1C)c1cc2c(c3ccccc13)B1c3c(cccc3Oc3cc(N(c4ccccc4C)c4ccccc4C)c4ccccc4c31)O2. The second-order valence-electron chi connectivity index (χ2n) is 15.8. The van der Waals surface area contributed by atoms with Gasteiger partial charge in [-0.2, -0.15) is 0 Å². The molecule has 0 fully saturated rings. The Labute approximate surface area is 345 Å². The van der Waals surface area contributed by atoms with E-state index in [4.69, 9.17) is 9.47 Å². The largest absolute Gasteiger partial charge is 0.458 e. The molecule has 59 heavy (non-hydrogen) atoms. The van der Waals surface area contributed by atoms with Crippen molar-refractivity contribution in [3.63, 3.8) is 0 Å². The summed E-state index contributed by atoms with van der Waals surface area (Å²) in [6.45, 7) is 8.60. The van der Waals surface area contributed by atoms with Gasteiger partial charge in [0.15, 0.2) is 0 Å². The minimum atomic E-state index is -0.151. The lowest BCUT2D eigenvalue weighted by Gasteiger charge is -2.37. The average molecular weight is 761 g/mol. The quantitative estimate of drug-likeness (QED) is 0.158. The summed E-state index contributed by atoms with van der Waals surface area (Å²) in [4.78, 5) is 4.82. The van der Waals surface area contributed by atoms with E-state index in [9.17, 15) is 0 Å². The smallest absolute Gasteiger partial charge is 0.262 e. The number of aryl methyl sites for hydroxylation is 4. The fraction of sp³-hybridized carbons (Fsp3) is 0.0741. The van der Waals surface area contributed by atoms with Gasteiger partial charge in [-0.05, 0) is 108 Å². The summed E-state index contributed by atoms with van der Waals surface area (Å²) in [6, 6.07) is 63.0. The molecular formula is C54H41BN2O2. The van der Waals surface area contributed by atoms with Gasteiger partial charge in [-0.1, -0.05) is 127 Å². The molecule has 0 unspecified atom stereocenters. The molecule has 0 bridgehead atoms. The molecule has 282 valence electrons. The molecule has 0 aliphatic carbocycles. The van der Waals surface area contributed by atoms with Gasteiger partial charge in [-0.3, -0.25) is 0 Å². The fourth-order valence-electron chi connectivity index (χ4n) is 9.53. The normalized spacial score (nSPS) is 12.3. The molecule has 9 aromatic rings. The van der Waals surface area contributed by atoms with Crippen molar-refractivity contribution in [1.29, 1.82) is 0 Å². The van der Waals surface area contributed by atoms with Crippen LogP contribution in [0.15, 0.2) is 176 Å². The van der Waals surface area contributed by atoms with Gasteiger partial charge in [0.25, 0.3) is 6.71 Å². The summed E-state index contributed by atoms with van der Waals surface area (Å²) < 4.78 is 14.1. The zero-order valence-electron chi connectivity index (χ0n) is 33.5. The molecule has 5 heteroatoms. The Hall–Kier alpha value is -7.24. The van der Waals surface area contributed by atoms with Crippen LogP contribution in [-0.2, 0) is 0 Å². The van der Waals surface area contributed by atoms with Gasteiger partial charge >= 0.3 is 0 Å². The van der Waals surface area contributed by atoms with Crippen LogP contribution in [0.3, 0.4) is 0 Å². The standard InChI is InChI=1S/C54H41BN2O2/c1-34-18-5-13-26-42(34)56(43-27-14-6-19-35(43)2)46-32-50-52(40-24-11-9-22-38(40)46)55-53-41-25-12-10-23-39(41)47(33-51(53)59-49-31-17-30-48(58-50)54(49)55)57(44-28-15-7-20-36(44)3)45-29-16-8-21-37(45)4/h5-33H,1-4H3. The lowest BCUT2D eigenvalue weighted by molar-refractivity contribution is 0.465. The van der Waals surface area contributed by atoms with Crippen molar-refractivity contribution in [2.24, 2.45) is 0 Å². The topological polar surface area (TPSA) is 24.9 Å². The van der Waals surface area contributed by atoms with E-state index >= 15 is 0 Å². The highest BCUT2D eigenvalue weighted by Gasteiger charge is 2.43. The summed E-state index contributed by atoms with van der Waals surface area (Å²) >= 11 is 0. The zero-order chi connectivity index (χ0) is 39.8. The van der Waals surface area contributed by atoms with Gasteiger partial charge in [0, 0.05) is 51.1 Å². The molecule has 0 aromatic heterocycles. The molecule has 0 saturated heterocycles. The number of para-hydroxylation sites is 4. The van der Waals surface area contributed by atoms with Crippen LogP contribution < -0.4 is 35.7 Å². The number of fused-ring (bicyclic) bond motifs is 8. The summed E-state index contributed by atoms with van der Waals surface area (Å²) in [5.74, 6) is 3.34. The van der Waals surface area contributed by atoms with E-state index in [0.717, 1.165) is 95.1 Å². The number of benzene rings is 9. The highest BCUT2D eigenvalue weighted by Crippen LogP contribution is 2.48. The molecule has 0 amide bonds. The number of ether oxygens (including phenoxy) is 2. The predicted molar refractivity (Wildman–Crippen MR) is 247 cm³/mol.